The maximum absolute atomic E-state index is 5.57. The number of ether oxygens (including phenoxy) is 1. The Bertz CT molecular complexity index is 282. The van der Waals surface area contributed by atoms with Crippen LogP contribution in [-0.2, 0) is 11.5 Å². The molecule has 0 atom stereocenters. The molecule has 3 nitrogen and oxygen atoms in total. The topological polar surface area (TPSA) is 16.4 Å². The lowest BCUT2D eigenvalue weighted by Crippen LogP contribution is -2.34. The molecule has 0 unspecified atom stereocenters. The molecule has 90 valence electrons. The third-order valence-corrected chi connectivity index (χ3v) is 2.52. The van der Waals surface area contributed by atoms with Crippen LogP contribution in [0.5, 0.6) is 0 Å². The van der Waals surface area contributed by atoms with Crippen molar-refractivity contribution < 1.29 is 9.30 Å². The number of rotatable bonds is 7. The van der Waals surface area contributed by atoms with Gasteiger partial charge in [-0.3, -0.25) is 0 Å². The second-order valence-electron chi connectivity index (χ2n) is 4.21. The Labute approximate surface area is 98.7 Å². The van der Waals surface area contributed by atoms with Gasteiger partial charge in [0.1, 0.15) is 0 Å². The van der Waals surface area contributed by atoms with E-state index in [4.69, 9.17) is 4.74 Å². The molecule has 0 aromatic carbocycles. The lowest BCUT2D eigenvalue weighted by molar-refractivity contribution is -0.732. The van der Waals surface area contributed by atoms with Gasteiger partial charge in [-0.25, -0.2) is 0 Å². The molecule has 0 N–H and O–H groups in total. The van der Waals surface area contributed by atoms with E-state index in [0.29, 0.717) is 6.73 Å². The fraction of sp³-hybridized carbons (Fsp3) is 0.615. The highest BCUT2D eigenvalue weighted by Gasteiger charge is 2.01. The summed E-state index contributed by atoms with van der Waals surface area (Å²) in [4.78, 5) is 2.09. The van der Waals surface area contributed by atoms with Crippen molar-refractivity contribution in [3.05, 3.63) is 24.5 Å². The van der Waals surface area contributed by atoms with Gasteiger partial charge in [-0.2, -0.15) is 4.57 Å². The standard InChI is InChI=1S/C13H23N2O/c1-4-5-6-11-16-12-15-9-7-13(8-10-15)14(2)3/h7-10H,4-6,11-12H2,1-3H3/q+1. The van der Waals surface area contributed by atoms with E-state index in [1.54, 1.807) is 0 Å². The van der Waals surface area contributed by atoms with Crippen LogP contribution < -0.4 is 9.47 Å². The van der Waals surface area contributed by atoms with Crippen molar-refractivity contribution in [3.8, 4) is 0 Å². The molecule has 0 aliphatic rings. The van der Waals surface area contributed by atoms with Gasteiger partial charge >= 0.3 is 0 Å². The summed E-state index contributed by atoms with van der Waals surface area (Å²) in [5.41, 5.74) is 1.21. The van der Waals surface area contributed by atoms with Crippen LogP contribution in [0.25, 0.3) is 0 Å². The molecule has 0 spiro atoms. The van der Waals surface area contributed by atoms with Crippen LogP contribution in [0.4, 0.5) is 5.69 Å². The van der Waals surface area contributed by atoms with Crippen molar-refractivity contribution in [2.45, 2.75) is 32.9 Å². The Kier molecular flexibility index (Phi) is 5.86. The van der Waals surface area contributed by atoms with Gasteiger partial charge in [0.05, 0.1) is 6.61 Å². The molecule has 1 rings (SSSR count). The van der Waals surface area contributed by atoms with Gasteiger partial charge in [-0.05, 0) is 6.42 Å². The van der Waals surface area contributed by atoms with E-state index in [1.165, 1.54) is 18.5 Å². The number of pyridine rings is 1. The van der Waals surface area contributed by atoms with Crippen molar-refractivity contribution in [1.82, 2.24) is 0 Å². The molecule has 1 aromatic heterocycles. The minimum atomic E-state index is 0.650. The Morgan fingerprint density at radius 2 is 1.88 bits per heavy atom. The maximum atomic E-state index is 5.57. The molecular formula is C13H23N2O+. The van der Waals surface area contributed by atoms with Crippen LogP contribution in [0.15, 0.2) is 24.5 Å². The van der Waals surface area contributed by atoms with Crippen molar-refractivity contribution in [1.29, 1.82) is 0 Å². The van der Waals surface area contributed by atoms with E-state index < -0.39 is 0 Å². The quantitative estimate of drug-likeness (QED) is 0.520. The lowest BCUT2D eigenvalue weighted by Gasteiger charge is -2.10. The van der Waals surface area contributed by atoms with Gasteiger partial charge in [0.15, 0.2) is 12.4 Å². The predicted molar refractivity (Wildman–Crippen MR) is 66.4 cm³/mol. The molecule has 0 saturated heterocycles. The zero-order valence-electron chi connectivity index (χ0n) is 10.6. The summed E-state index contributed by atoms with van der Waals surface area (Å²) in [6, 6.07) is 4.19. The third kappa shape index (κ3) is 4.62. The first kappa shape index (κ1) is 13.0. The van der Waals surface area contributed by atoms with Crippen molar-refractivity contribution >= 4 is 5.69 Å². The smallest absolute Gasteiger partial charge is 0.252 e. The largest absolute Gasteiger partial charge is 0.377 e. The molecule has 16 heavy (non-hydrogen) atoms. The number of unbranched alkanes of at least 4 members (excludes halogenated alkanes) is 2. The van der Waals surface area contributed by atoms with E-state index in [9.17, 15) is 0 Å². The summed E-state index contributed by atoms with van der Waals surface area (Å²) in [5, 5.41) is 0. The molecule has 0 aliphatic carbocycles. The van der Waals surface area contributed by atoms with Gasteiger partial charge in [0.2, 0.25) is 0 Å². The molecule has 0 fully saturated rings. The van der Waals surface area contributed by atoms with Crippen molar-refractivity contribution in [3.63, 3.8) is 0 Å². The maximum Gasteiger partial charge on any atom is 0.252 e. The predicted octanol–water partition coefficient (Wildman–Crippen LogP) is 2.20. The fourth-order valence-corrected chi connectivity index (χ4v) is 1.46. The number of hydrogen-bond acceptors (Lipinski definition) is 2. The minimum Gasteiger partial charge on any atom is -0.377 e. The van der Waals surface area contributed by atoms with Crippen LogP contribution in [0, 0.1) is 0 Å². The monoisotopic (exact) mass is 223 g/mol. The second kappa shape index (κ2) is 7.23. The van der Waals surface area contributed by atoms with Crippen molar-refractivity contribution in [2.24, 2.45) is 0 Å². The fourth-order valence-electron chi connectivity index (χ4n) is 1.46. The summed E-state index contributed by atoms with van der Waals surface area (Å²) < 4.78 is 7.63. The molecule has 3 heteroatoms. The van der Waals surface area contributed by atoms with E-state index in [2.05, 4.69) is 40.9 Å². The van der Waals surface area contributed by atoms with Crippen LogP contribution in [0.3, 0.4) is 0 Å². The molecule has 0 bridgehead atoms. The summed E-state index contributed by atoms with van der Waals surface area (Å²) in [7, 11) is 4.09. The van der Waals surface area contributed by atoms with Gasteiger partial charge < -0.3 is 9.64 Å². The minimum absolute atomic E-state index is 0.650. The average molecular weight is 223 g/mol. The number of aromatic nitrogens is 1. The Hall–Kier alpha value is -1.09. The van der Waals surface area contributed by atoms with E-state index in [-0.39, 0.29) is 0 Å². The molecule has 1 aromatic rings. The Morgan fingerprint density at radius 1 is 1.19 bits per heavy atom. The lowest BCUT2D eigenvalue weighted by atomic mass is 10.3. The Morgan fingerprint density at radius 3 is 2.44 bits per heavy atom. The van der Waals surface area contributed by atoms with Crippen LogP contribution >= 0.6 is 0 Å². The van der Waals surface area contributed by atoms with Gasteiger partial charge in [-0.15, -0.1) is 0 Å². The molecule has 1 heterocycles. The zero-order valence-corrected chi connectivity index (χ0v) is 10.6. The summed E-state index contributed by atoms with van der Waals surface area (Å²) in [5.74, 6) is 0. The first-order valence-corrected chi connectivity index (χ1v) is 5.98. The summed E-state index contributed by atoms with van der Waals surface area (Å²) in [6.07, 6.45) is 7.76. The molecule has 0 aliphatic heterocycles. The third-order valence-electron chi connectivity index (χ3n) is 2.52. The average Bonchev–Trinajstić information content (AvgIpc) is 2.29. The van der Waals surface area contributed by atoms with Gasteiger partial charge in [0.25, 0.3) is 6.73 Å². The molecule has 0 saturated carbocycles. The summed E-state index contributed by atoms with van der Waals surface area (Å²) >= 11 is 0. The SMILES string of the molecule is CCCCCOC[n+]1ccc(N(C)C)cc1. The highest BCUT2D eigenvalue weighted by molar-refractivity contribution is 5.41. The molecule has 0 radical (unpaired) electrons. The zero-order chi connectivity index (χ0) is 11.8. The summed E-state index contributed by atoms with van der Waals surface area (Å²) in [6.45, 7) is 3.71. The van der Waals surface area contributed by atoms with E-state index >= 15 is 0 Å². The van der Waals surface area contributed by atoms with Gasteiger partial charge in [0, 0.05) is 31.9 Å². The number of nitrogens with zero attached hydrogens (tertiary/aromatic N) is 2. The molecule has 0 amide bonds. The normalized spacial score (nSPS) is 10.4. The van der Waals surface area contributed by atoms with Crippen LogP contribution in [0.1, 0.15) is 26.2 Å². The highest BCUT2D eigenvalue weighted by Crippen LogP contribution is 2.05. The van der Waals surface area contributed by atoms with E-state index in [0.717, 1.165) is 13.0 Å². The van der Waals surface area contributed by atoms with E-state index in [1.807, 2.05) is 14.1 Å². The van der Waals surface area contributed by atoms with Gasteiger partial charge in [-0.1, -0.05) is 19.8 Å². The molecular weight excluding hydrogens is 200 g/mol. The number of hydrogen-bond donors (Lipinski definition) is 0. The second-order valence-corrected chi connectivity index (χ2v) is 4.21. The number of anilines is 1. The van der Waals surface area contributed by atoms with Crippen LogP contribution in [-0.4, -0.2) is 20.7 Å². The first-order valence-electron chi connectivity index (χ1n) is 5.98. The first-order chi connectivity index (χ1) is 7.74. The Balaban J connectivity index is 2.27. The van der Waals surface area contributed by atoms with Crippen LogP contribution in [0.2, 0.25) is 0 Å². The van der Waals surface area contributed by atoms with Crippen molar-refractivity contribution in [2.75, 3.05) is 25.6 Å². The highest BCUT2D eigenvalue weighted by atomic mass is 16.5.